The van der Waals surface area contributed by atoms with Crippen LogP contribution in [0.15, 0.2) is 53.1 Å². The highest BCUT2D eigenvalue weighted by molar-refractivity contribution is 5.93. The Morgan fingerprint density at radius 3 is 3.00 bits per heavy atom. The Morgan fingerprint density at radius 1 is 1.27 bits per heavy atom. The topological polar surface area (TPSA) is 130 Å². The molecule has 2 aromatic carbocycles. The number of nitrogens with two attached hydrogens (primary N) is 1. The van der Waals surface area contributed by atoms with Crippen LogP contribution in [-0.4, -0.2) is 26.2 Å². The fourth-order valence-electron chi connectivity index (χ4n) is 2.62. The van der Waals surface area contributed by atoms with Crippen molar-refractivity contribution >= 4 is 22.6 Å². The monoisotopic (exact) mass is 349 g/mol. The van der Waals surface area contributed by atoms with Gasteiger partial charge < -0.3 is 20.6 Å². The van der Waals surface area contributed by atoms with E-state index >= 15 is 0 Å². The van der Waals surface area contributed by atoms with Crippen LogP contribution in [0.4, 0.5) is 5.82 Å². The van der Waals surface area contributed by atoms with Gasteiger partial charge in [0.15, 0.2) is 11.5 Å². The molecule has 2 aromatic heterocycles. The Hall–Kier alpha value is -3.81. The number of phenols is 1. The molecule has 0 bridgehead atoms. The summed E-state index contributed by atoms with van der Waals surface area (Å²) in [6, 6.07) is 12.1. The minimum atomic E-state index is -0.366. The van der Waals surface area contributed by atoms with E-state index in [-0.39, 0.29) is 23.9 Å². The van der Waals surface area contributed by atoms with Crippen molar-refractivity contribution in [3.8, 4) is 17.2 Å². The summed E-state index contributed by atoms with van der Waals surface area (Å²) in [5, 5.41) is 19.8. The number of fused-ring (bicyclic) bond motifs is 1. The van der Waals surface area contributed by atoms with Gasteiger partial charge in [0.2, 0.25) is 5.89 Å². The number of phenolic OH excluding ortho intramolecular Hbond substituents is 1. The van der Waals surface area contributed by atoms with Gasteiger partial charge in [0, 0.05) is 17.5 Å². The number of carbonyl (C=O) groups excluding carboxylic acids is 1. The number of rotatable bonds is 4. The number of carbonyl (C=O) groups is 1. The molecule has 8 heteroatoms. The summed E-state index contributed by atoms with van der Waals surface area (Å²) >= 11 is 0. The number of anilines is 1. The van der Waals surface area contributed by atoms with Gasteiger partial charge in [-0.2, -0.15) is 5.10 Å². The third kappa shape index (κ3) is 2.95. The fourth-order valence-corrected chi connectivity index (χ4v) is 2.62. The minimum Gasteiger partial charge on any atom is -0.508 e. The molecule has 26 heavy (non-hydrogen) atoms. The van der Waals surface area contributed by atoms with Gasteiger partial charge in [0.25, 0.3) is 5.91 Å². The first-order valence-corrected chi connectivity index (χ1v) is 7.86. The van der Waals surface area contributed by atoms with E-state index < -0.39 is 0 Å². The van der Waals surface area contributed by atoms with E-state index in [1.54, 1.807) is 36.4 Å². The lowest BCUT2D eigenvalue weighted by Crippen LogP contribution is -2.23. The van der Waals surface area contributed by atoms with Gasteiger partial charge in [-0.15, -0.1) is 0 Å². The molecular weight excluding hydrogens is 334 g/mol. The number of benzene rings is 2. The van der Waals surface area contributed by atoms with E-state index in [0.717, 1.165) is 16.5 Å². The van der Waals surface area contributed by atoms with E-state index in [1.807, 2.05) is 6.07 Å². The van der Waals surface area contributed by atoms with Gasteiger partial charge in [-0.05, 0) is 35.9 Å². The SMILES string of the molecule is Nc1n[nH]c2cc(-c3nc(C(=O)NCc4cccc(O)c4)co3)ccc12. The lowest BCUT2D eigenvalue weighted by atomic mass is 10.1. The molecule has 5 N–H and O–H groups in total. The van der Waals surface area contributed by atoms with E-state index in [0.29, 0.717) is 17.3 Å². The van der Waals surface area contributed by atoms with Crippen molar-refractivity contribution in [2.24, 2.45) is 0 Å². The molecule has 0 aliphatic rings. The maximum atomic E-state index is 12.2. The number of aromatic nitrogens is 3. The average molecular weight is 349 g/mol. The highest BCUT2D eigenvalue weighted by atomic mass is 16.3. The summed E-state index contributed by atoms with van der Waals surface area (Å²) in [5.74, 6) is 0.527. The van der Waals surface area contributed by atoms with Gasteiger partial charge in [-0.25, -0.2) is 4.98 Å². The van der Waals surface area contributed by atoms with Crippen LogP contribution < -0.4 is 11.1 Å². The number of nitrogen functional groups attached to an aromatic ring is 1. The zero-order chi connectivity index (χ0) is 18.1. The third-order valence-corrected chi connectivity index (χ3v) is 3.94. The van der Waals surface area contributed by atoms with Crippen LogP contribution in [0.1, 0.15) is 16.1 Å². The van der Waals surface area contributed by atoms with E-state index in [1.165, 1.54) is 6.26 Å². The molecule has 0 saturated carbocycles. The van der Waals surface area contributed by atoms with Crippen molar-refractivity contribution in [3.63, 3.8) is 0 Å². The number of aromatic amines is 1. The number of oxazole rings is 1. The van der Waals surface area contributed by atoms with Gasteiger partial charge in [0.05, 0.1) is 5.52 Å². The van der Waals surface area contributed by atoms with Crippen molar-refractivity contribution < 1.29 is 14.3 Å². The normalized spacial score (nSPS) is 10.9. The van der Waals surface area contributed by atoms with Gasteiger partial charge in [-0.1, -0.05) is 12.1 Å². The summed E-state index contributed by atoms with van der Waals surface area (Å²) < 4.78 is 5.42. The third-order valence-electron chi connectivity index (χ3n) is 3.94. The predicted molar refractivity (Wildman–Crippen MR) is 95.3 cm³/mol. The van der Waals surface area contributed by atoms with Crippen molar-refractivity contribution in [2.45, 2.75) is 6.54 Å². The van der Waals surface area contributed by atoms with Crippen LogP contribution >= 0.6 is 0 Å². The fraction of sp³-hybridized carbons (Fsp3) is 0.0556. The molecule has 8 nitrogen and oxygen atoms in total. The lowest BCUT2D eigenvalue weighted by molar-refractivity contribution is 0.0946. The first kappa shape index (κ1) is 15.7. The molecule has 0 fully saturated rings. The average Bonchev–Trinajstić information content (AvgIpc) is 3.27. The van der Waals surface area contributed by atoms with E-state index in [4.69, 9.17) is 10.2 Å². The summed E-state index contributed by atoms with van der Waals surface area (Å²) in [4.78, 5) is 16.5. The predicted octanol–water partition coefficient (Wildman–Crippen LogP) is 2.44. The van der Waals surface area contributed by atoms with Crippen molar-refractivity contribution in [3.05, 3.63) is 60.0 Å². The quantitative estimate of drug-likeness (QED) is 0.448. The Balaban J connectivity index is 1.50. The largest absolute Gasteiger partial charge is 0.508 e. The van der Waals surface area contributed by atoms with Crippen LogP contribution in [0.2, 0.25) is 0 Å². The molecule has 0 radical (unpaired) electrons. The maximum absolute atomic E-state index is 12.2. The first-order chi connectivity index (χ1) is 12.6. The van der Waals surface area contributed by atoms with Crippen molar-refractivity contribution in [2.75, 3.05) is 5.73 Å². The van der Waals surface area contributed by atoms with Crippen molar-refractivity contribution in [1.82, 2.24) is 20.5 Å². The molecular formula is C18H15N5O3. The summed E-state index contributed by atoms with van der Waals surface area (Å²) in [7, 11) is 0. The highest BCUT2D eigenvalue weighted by Gasteiger charge is 2.14. The second-order valence-electron chi connectivity index (χ2n) is 5.76. The van der Waals surface area contributed by atoms with Crippen molar-refractivity contribution in [1.29, 1.82) is 0 Å². The molecule has 130 valence electrons. The Labute approximate surface area is 147 Å². The van der Waals surface area contributed by atoms with Gasteiger partial charge in [0.1, 0.15) is 12.0 Å². The molecule has 0 spiro atoms. The zero-order valence-corrected chi connectivity index (χ0v) is 13.6. The standard InChI is InChI=1S/C18H15N5O3/c19-16-13-5-4-11(7-14(13)22-23-16)18-21-15(9-26-18)17(25)20-8-10-2-1-3-12(24)6-10/h1-7,9,24H,8H2,(H,20,25)(H3,19,22,23). The Bertz CT molecular complexity index is 1100. The number of aromatic hydroxyl groups is 1. The molecule has 0 saturated heterocycles. The molecule has 0 aliphatic heterocycles. The second kappa shape index (κ2) is 6.25. The smallest absolute Gasteiger partial charge is 0.273 e. The van der Waals surface area contributed by atoms with Crippen LogP contribution in [-0.2, 0) is 6.54 Å². The molecule has 4 aromatic rings. The maximum Gasteiger partial charge on any atom is 0.273 e. The molecule has 4 rings (SSSR count). The number of nitrogens with one attached hydrogen (secondary N) is 2. The number of hydrogen-bond donors (Lipinski definition) is 4. The summed E-state index contributed by atoms with van der Waals surface area (Å²) in [5.41, 5.74) is 8.16. The van der Waals surface area contributed by atoms with Crippen LogP contribution in [0.25, 0.3) is 22.4 Å². The van der Waals surface area contributed by atoms with E-state index in [2.05, 4.69) is 20.5 Å². The summed E-state index contributed by atoms with van der Waals surface area (Å²) in [6.07, 6.45) is 1.30. The molecule has 1 amide bonds. The number of hydrogen-bond acceptors (Lipinski definition) is 6. The highest BCUT2D eigenvalue weighted by Crippen LogP contribution is 2.25. The number of nitrogens with zero attached hydrogens (tertiary/aromatic N) is 2. The number of amides is 1. The number of H-pyrrole nitrogens is 1. The second-order valence-corrected chi connectivity index (χ2v) is 5.76. The molecule has 2 heterocycles. The summed E-state index contributed by atoms with van der Waals surface area (Å²) in [6.45, 7) is 0.273. The van der Waals surface area contributed by atoms with Crippen LogP contribution in [0.3, 0.4) is 0 Å². The molecule has 0 atom stereocenters. The van der Waals surface area contributed by atoms with Crippen LogP contribution in [0, 0.1) is 0 Å². The van der Waals surface area contributed by atoms with E-state index in [9.17, 15) is 9.90 Å². The first-order valence-electron chi connectivity index (χ1n) is 7.86. The Morgan fingerprint density at radius 2 is 2.15 bits per heavy atom. The molecule has 0 unspecified atom stereocenters. The van der Waals surface area contributed by atoms with Gasteiger partial charge in [-0.3, -0.25) is 9.89 Å². The Kier molecular flexibility index (Phi) is 3.77. The van der Waals surface area contributed by atoms with Crippen LogP contribution in [0.5, 0.6) is 5.75 Å². The lowest BCUT2D eigenvalue weighted by Gasteiger charge is -2.03. The minimum absolute atomic E-state index is 0.148. The molecule has 0 aliphatic carbocycles. The zero-order valence-electron chi connectivity index (χ0n) is 13.6. The van der Waals surface area contributed by atoms with Gasteiger partial charge >= 0.3 is 0 Å².